The molecule has 0 amide bonds. The van der Waals surface area contributed by atoms with E-state index in [1.165, 1.54) is 12.1 Å². The Labute approximate surface area is 268 Å². The summed E-state index contributed by atoms with van der Waals surface area (Å²) in [5.74, 6) is 0.756. The molecule has 3 aromatic carbocycles. The molecular weight excluding hydrogens is 584 g/mol. The van der Waals surface area contributed by atoms with E-state index in [1.54, 1.807) is 30.4 Å². The van der Waals surface area contributed by atoms with E-state index in [-0.39, 0.29) is 37.6 Å². The first kappa shape index (κ1) is 32.9. The van der Waals surface area contributed by atoms with Gasteiger partial charge in [0.25, 0.3) is 11.4 Å². The highest BCUT2D eigenvalue weighted by atomic mass is 16.6. The third-order valence-corrected chi connectivity index (χ3v) is 9.80. The zero-order chi connectivity index (χ0) is 33.9. The van der Waals surface area contributed by atoms with Crippen molar-refractivity contribution in [1.82, 2.24) is 0 Å². The molecule has 0 aromatic heterocycles. The van der Waals surface area contributed by atoms with Gasteiger partial charge >= 0.3 is 0 Å². The number of rotatable bonds is 10. The minimum atomic E-state index is -0.741. The number of fused-ring (bicyclic) bond motifs is 2. The summed E-state index contributed by atoms with van der Waals surface area (Å²) in [4.78, 5) is 52.5. The lowest BCUT2D eigenvalue weighted by Gasteiger charge is -2.32. The van der Waals surface area contributed by atoms with Crippen LogP contribution >= 0.6 is 0 Å². The van der Waals surface area contributed by atoms with Gasteiger partial charge in [0.1, 0.15) is 6.54 Å². The first-order chi connectivity index (χ1) is 21.5. The second-order valence-electron chi connectivity index (χ2n) is 14.6. The van der Waals surface area contributed by atoms with Crippen LogP contribution in [0.3, 0.4) is 0 Å². The number of hydrogen-bond acceptors (Lipinski definition) is 7. The van der Waals surface area contributed by atoms with Crippen LogP contribution in [0.4, 0.5) is 22.7 Å². The Morgan fingerprint density at radius 1 is 0.913 bits per heavy atom. The number of non-ortho nitro benzene ring substituents is 1. The second kappa shape index (κ2) is 11.7. The van der Waals surface area contributed by atoms with E-state index in [2.05, 4.69) is 32.6 Å². The first-order valence-electron chi connectivity index (χ1n) is 16.0. The van der Waals surface area contributed by atoms with Crippen LogP contribution in [0.5, 0.6) is 0 Å². The van der Waals surface area contributed by atoms with Crippen LogP contribution in [0.1, 0.15) is 79.4 Å². The fraction of sp³-hybridized carbons (Fsp3) is 0.472. The van der Waals surface area contributed by atoms with Crippen LogP contribution in [-0.2, 0) is 10.8 Å². The minimum Gasteiger partial charge on any atom is -0.364 e. The molecule has 1 atom stereocenters. The van der Waals surface area contributed by atoms with Gasteiger partial charge < -0.3 is 4.90 Å². The molecule has 5 rings (SSSR count). The number of nitrogens with zero attached hydrogens (tertiary/aromatic N) is 4. The second-order valence-corrected chi connectivity index (χ2v) is 14.6. The highest BCUT2D eigenvalue weighted by Gasteiger charge is 2.48. The van der Waals surface area contributed by atoms with Crippen molar-refractivity contribution in [2.45, 2.75) is 85.1 Å². The van der Waals surface area contributed by atoms with Crippen molar-refractivity contribution in [2.24, 2.45) is 11.8 Å². The van der Waals surface area contributed by atoms with E-state index in [1.807, 2.05) is 38.3 Å². The summed E-state index contributed by atoms with van der Waals surface area (Å²) in [6.45, 7) is 17.5. The third kappa shape index (κ3) is 5.37. The van der Waals surface area contributed by atoms with Crippen molar-refractivity contribution in [3.05, 3.63) is 98.6 Å². The maximum Gasteiger partial charge on any atom is 0.276 e. The molecule has 0 saturated heterocycles. The Morgan fingerprint density at radius 2 is 1.57 bits per heavy atom. The fourth-order valence-electron chi connectivity index (χ4n) is 7.11. The summed E-state index contributed by atoms with van der Waals surface area (Å²) >= 11 is 0. The molecule has 2 aliphatic heterocycles. The monoisotopic (exact) mass is 627 g/mol. The quantitative estimate of drug-likeness (QED) is 0.176. The van der Waals surface area contributed by atoms with E-state index in [0.29, 0.717) is 30.5 Å². The Kier molecular flexibility index (Phi) is 8.38. The van der Waals surface area contributed by atoms with Crippen LogP contribution in [-0.4, -0.2) is 39.3 Å². The number of nitro benzene ring substituents is 2. The molecule has 10 nitrogen and oxygen atoms in total. The average molecular weight is 628 g/mol. The molecule has 0 spiro atoms. The van der Waals surface area contributed by atoms with Gasteiger partial charge in [0, 0.05) is 47.8 Å². The average Bonchev–Trinajstić information content (AvgIpc) is 3.33. The Morgan fingerprint density at radius 3 is 2.15 bits per heavy atom. The van der Waals surface area contributed by atoms with Gasteiger partial charge in [-0.2, -0.15) is 4.58 Å². The van der Waals surface area contributed by atoms with Crippen LogP contribution < -0.4 is 26.2 Å². The van der Waals surface area contributed by atoms with Crippen molar-refractivity contribution >= 4 is 40.6 Å². The van der Waals surface area contributed by atoms with E-state index in [0.717, 1.165) is 35.5 Å². The van der Waals surface area contributed by atoms with Crippen molar-refractivity contribution < 1.29 is 14.4 Å². The Bertz CT molecular complexity index is 1950. The molecule has 0 saturated carbocycles. The van der Waals surface area contributed by atoms with Crippen LogP contribution in [0, 0.1) is 32.1 Å². The molecule has 0 fully saturated rings. The summed E-state index contributed by atoms with van der Waals surface area (Å²) in [5, 5.41) is 23.8. The van der Waals surface area contributed by atoms with Gasteiger partial charge in [-0.1, -0.05) is 47.6 Å². The lowest BCUT2D eigenvalue weighted by molar-refractivity contribution is -0.439. The van der Waals surface area contributed by atoms with Crippen LogP contribution in [0.25, 0.3) is 12.2 Å². The van der Waals surface area contributed by atoms with E-state index < -0.39 is 21.8 Å². The molecule has 46 heavy (non-hydrogen) atoms. The molecule has 10 heteroatoms. The standard InChI is InChI=1S/C36H43N4O6/c1-21(2)14-16-37-27-10-9-11-28(40(45)46)32(27)36(7,8)31(37)20-25-33(41)24(34(25)42)19-30-35(5,6)26-13-12-23(39(43)44)18-29(26)38(30)17-15-22(3)4/h9-13,18-22,31H,14-17H2,1-8H3/q+1. The molecular formula is C36H43N4O6+. The Balaban J connectivity index is 1.66. The van der Waals surface area contributed by atoms with Crippen LogP contribution in [0.15, 0.2) is 46.0 Å². The highest BCUT2D eigenvalue weighted by Crippen LogP contribution is 2.50. The predicted molar refractivity (Wildman–Crippen MR) is 182 cm³/mol. The lowest BCUT2D eigenvalue weighted by atomic mass is 9.79. The molecule has 0 radical (unpaired) electrons. The van der Waals surface area contributed by atoms with Crippen molar-refractivity contribution in [2.75, 3.05) is 18.0 Å². The zero-order valence-electron chi connectivity index (χ0n) is 27.9. The van der Waals surface area contributed by atoms with Crippen LogP contribution in [0.2, 0.25) is 0 Å². The van der Waals surface area contributed by atoms with Gasteiger partial charge in [0.2, 0.25) is 16.5 Å². The summed E-state index contributed by atoms with van der Waals surface area (Å²) in [6.07, 6.45) is 5.03. The van der Waals surface area contributed by atoms with Gasteiger partial charge in [-0.25, -0.2) is 0 Å². The molecule has 3 aromatic rings. The molecule has 0 bridgehead atoms. The number of nitro groups is 2. The van der Waals surface area contributed by atoms with Crippen molar-refractivity contribution in [1.29, 1.82) is 0 Å². The topological polar surface area (TPSA) is 127 Å². The molecule has 242 valence electrons. The molecule has 2 aliphatic rings. The first-order valence-corrected chi connectivity index (χ1v) is 16.0. The molecule has 2 heterocycles. The maximum absolute atomic E-state index is 13.8. The normalized spacial score (nSPS) is 18.0. The van der Waals surface area contributed by atoms with Gasteiger partial charge in [-0.05, 0) is 50.3 Å². The third-order valence-electron chi connectivity index (χ3n) is 9.80. The zero-order valence-corrected chi connectivity index (χ0v) is 27.9. The van der Waals surface area contributed by atoms with Gasteiger partial charge in [-0.3, -0.25) is 29.8 Å². The van der Waals surface area contributed by atoms with E-state index >= 15 is 0 Å². The summed E-state index contributed by atoms with van der Waals surface area (Å²) in [6, 6.07) is 9.47. The summed E-state index contributed by atoms with van der Waals surface area (Å²) in [7, 11) is 0. The highest BCUT2D eigenvalue weighted by molar-refractivity contribution is 6.15. The molecule has 0 N–H and O–H groups in total. The van der Waals surface area contributed by atoms with Crippen molar-refractivity contribution in [3.8, 4) is 0 Å². The number of hydrogen-bond donors (Lipinski definition) is 0. The van der Waals surface area contributed by atoms with Gasteiger partial charge in [-0.15, -0.1) is 0 Å². The lowest BCUT2D eigenvalue weighted by Crippen LogP contribution is -2.66. The fourth-order valence-corrected chi connectivity index (χ4v) is 7.11. The largest absolute Gasteiger partial charge is 0.364 e. The smallest absolute Gasteiger partial charge is 0.276 e. The van der Waals surface area contributed by atoms with Gasteiger partial charge in [0.15, 0.2) is 5.71 Å². The summed E-state index contributed by atoms with van der Waals surface area (Å²) < 4.78 is 2.01. The predicted octanol–water partition coefficient (Wildman–Crippen LogP) is 5.00. The Hall–Kier alpha value is -4.47. The van der Waals surface area contributed by atoms with E-state index in [9.17, 15) is 29.8 Å². The number of benzene rings is 2. The number of anilines is 1. The maximum atomic E-state index is 13.8. The molecule has 1 unspecified atom stereocenters. The summed E-state index contributed by atoms with van der Waals surface area (Å²) in [5.41, 5.74) is 1.70. The molecule has 0 aliphatic carbocycles. The van der Waals surface area contributed by atoms with Crippen molar-refractivity contribution in [3.63, 3.8) is 0 Å². The SMILES string of the molecule is CC(C)CCN1c2cccc([N+](=O)[O-])c2C(C)(C)C1C=c1c(=O)c(=CC2=[N+](CCC(C)C)c3cc([N+](=O)[O-])ccc3C2(C)C)c1=O. The van der Waals surface area contributed by atoms with E-state index in [4.69, 9.17) is 0 Å². The minimum absolute atomic E-state index is 0.0125. The van der Waals surface area contributed by atoms with Gasteiger partial charge in [0.05, 0.1) is 43.4 Å².